The zero-order valence-electron chi connectivity index (χ0n) is 14.8. The van der Waals surface area contributed by atoms with Gasteiger partial charge in [0.15, 0.2) is 5.82 Å². The third-order valence-corrected chi connectivity index (χ3v) is 4.20. The molecule has 128 valence electrons. The topological polar surface area (TPSA) is 47.9 Å². The van der Waals surface area contributed by atoms with Gasteiger partial charge in [-0.05, 0) is 29.7 Å². The molecular weight excluding hydrogens is 322 g/mol. The van der Waals surface area contributed by atoms with Gasteiger partial charge in [-0.2, -0.15) is 0 Å². The van der Waals surface area contributed by atoms with Gasteiger partial charge in [-0.15, -0.1) is 0 Å². The van der Waals surface area contributed by atoms with E-state index in [4.69, 9.17) is 4.74 Å². The number of aromatic nitrogens is 3. The third-order valence-electron chi connectivity index (χ3n) is 4.20. The van der Waals surface area contributed by atoms with Crippen LogP contribution in [0.4, 0.5) is 0 Å². The van der Waals surface area contributed by atoms with Crippen LogP contribution in [0.1, 0.15) is 25.3 Å². The smallest absolute Gasteiger partial charge is 0.219 e. The Bertz CT molecular complexity index is 1060. The summed E-state index contributed by atoms with van der Waals surface area (Å²) in [6, 6.07) is 21.6. The molecule has 0 aliphatic heterocycles. The Morgan fingerprint density at radius 1 is 0.808 bits per heavy atom. The fraction of sp³-hybridized carbons (Fsp3) is 0.136. The zero-order chi connectivity index (χ0) is 17.9. The molecule has 0 aliphatic carbocycles. The number of rotatable bonds is 4. The van der Waals surface area contributed by atoms with E-state index in [-0.39, 0.29) is 0 Å². The highest BCUT2D eigenvalue weighted by Crippen LogP contribution is 2.30. The predicted molar refractivity (Wildman–Crippen MR) is 103 cm³/mol. The van der Waals surface area contributed by atoms with Gasteiger partial charge < -0.3 is 4.74 Å². The second-order valence-electron chi connectivity index (χ2n) is 6.41. The summed E-state index contributed by atoms with van der Waals surface area (Å²) in [5.41, 5.74) is 2.74. The number of benzene rings is 2. The lowest BCUT2D eigenvalue weighted by Crippen LogP contribution is -1.97. The van der Waals surface area contributed by atoms with Crippen LogP contribution in [0.5, 0.6) is 11.6 Å². The summed E-state index contributed by atoms with van der Waals surface area (Å²) in [5.74, 6) is 2.32. The molecule has 26 heavy (non-hydrogen) atoms. The van der Waals surface area contributed by atoms with Crippen LogP contribution in [0.25, 0.3) is 22.4 Å². The van der Waals surface area contributed by atoms with Crippen molar-refractivity contribution in [1.82, 2.24) is 15.0 Å². The van der Waals surface area contributed by atoms with E-state index in [1.807, 2.05) is 66.9 Å². The predicted octanol–water partition coefficient (Wildman–Crippen LogP) is 5.61. The van der Waals surface area contributed by atoms with Gasteiger partial charge in [0, 0.05) is 17.6 Å². The molecule has 4 rings (SSSR count). The first-order valence-electron chi connectivity index (χ1n) is 8.67. The summed E-state index contributed by atoms with van der Waals surface area (Å²) in [4.78, 5) is 13.7. The van der Waals surface area contributed by atoms with E-state index in [0.29, 0.717) is 23.3 Å². The van der Waals surface area contributed by atoms with Crippen molar-refractivity contribution in [3.8, 4) is 23.1 Å². The van der Waals surface area contributed by atoms with Gasteiger partial charge in [0.05, 0.1) is 5.52 Å². The highest BCUT2D eigenvalue weighted by molar-refractivity contribution is 5.79. The lowest BCUT2D eigenvalue weighted by atomic mass is 10.0. The maximum absolute atomic E-state index is 6.05. The van der Waals surface area contributed by atoms with Crippen LogP contribution < -0.4 is 4.74 Å². The minimum absolute atomic E-state index is 0.373. The van der Waals surface area contributed by atoms with Crippen molar-refractivity contribution in [3.63, 3.8) is 0 Å². The van der Waals surface area contributed by atoms with Crippen molar-refractivity contribution in [2.24, 2.45) is 0 Å². The molecule has 2 aromatic carbocycles. The highest BCUT2D eigenvalue weighted by atomic mass is 16.5. The fourth-order valence-electron chi connectivity index (χ4n) is 2.85. The lowest BCUT2D eigenvalue weighted by molar-refractivity contribution is 0.455. The second-order valence-corrected chi connectivity index (χ2v) is 6.41. The number of fused-ring (bicyclic) bond motifs is 1. The van der Waals surface area contributed by atoms with Crippen molar-refractivity contribution in [1.29, 1.82) is 0 Å². The lowest BCUT2D eigenvalue weighted by Gasteiger charge is -2.13. The van der Waals surface area contributed by atoms with Crippen LogP contribution >= 0.6 is 0 Å². The van der Waals surface area contributed by atoms with E-state index in [2.05, 4.69) is 34.9 Å². The summed E-state index contributed by atoms with van der Waals surface area (Å²) < 4.78 is 6.05. The van der Waals surface area contributed by atoms with Gasteiger partial charge >= 0.3 is 0 Å². The molecule has 2 heterocycles. The van der Waals surface area contributed by atoms with Crippen LogP contribution in [-0.4, -0.2) is 15.0 Å². The van der Waals surface area contributed by atoms with Crippen molar-refractivity contribution in [3.05, 3.63) is 78.5 Å². The molecule has 0 atom stereocenters. The van der Waals surface area contributed by atoms with Crippen molar-refractivity contribution < 1.29 is 4.74 Å². The standard InChI is InChI=1S/C22H19N3O/c1-15(2)17-9-4-6-12-20(17)26-21-13-7-11-19(24-21)22-23-14-16-8-3-5-10-18(16)25-22/h3-15H,1-2H3. The molecule has 0 saturated heterocycles. The Hall–Kier alpha value is -3.27. The minimum atomic E-state index is 0.373. The van der Waals surface area contributed by atoms with Gasteiger partial charge in [-0.25, -0.2) is 15.0 Å². The summed E-state index contributed by atoms with van der Waals surface area (Å²) in [6.07, 6.45) is 1.82. The summed E-state index contributed by atoms with van der Waals surface area (Å²) in [7, 11) is 0. The number of pyridine rings is 1. The van der Waals surface area contributed by atoms with Crippen LogP contribution in [0.3, 0.4) is 0 Å². The Labute approximate surface area is 152 Å². The molecule has 0 bridgehead atoms. The van der Waals surface area contributed by atoms with E-state index >= 15 is 0 Å². The SMILES string of the molecule is CC(C)c1ccccc1Oc1cccc(-c2ncc3ccccc3n2)n1. The monoisotopic (exact) mass is 341 g/mol. The van der Waals surface area contributed by atoms with Crippen molar-refractivity contribution in [2.75, 3.05) is 0 Å². The van der Waals surface area contributed by atoms with Gasteiger partial charge in [0.2, 0.25) is 5.88 Å². The van der Waals surface area contributed by atoms with E-state index in [0.717, 1.165) is 22.2 Å². The molecule has 0 amide bonds. The van der Waals surface area contributed by atoms with Crippen molar-refractivity contribution >= 4 is 10.9 Å². The largest absolute Gasteiger partial charge is 0.439 e. The highest BCUT2D eigenvalue weighted by Gasteiger charge is 2.10. The van der Waals surface area contributed by atoms with Gasteiger partial charge in [0.1, 0.15) is 11.4 Å². The fourth-order valence-corrected chi connectivity index (χ4v) is 2.85. The van der Waals surface area contributed by atoms with E-state index in [9.17, 15) is 0 Å². The molecular formula is C22H19N3O. The molecule has 0 aliphatic rings. The minimum Gasteiger partial charge on any atom is -0.439 e. The first-order valence-corrected chi connectivity index (χ1v) is 8.67. The maximum atomic E-state index is 6.05. The third kappa shape index (κ3) is 3.26. The normalized spacial score (nSPS) is 11.0. The molecule has 0 N–H and O–H groups in total. The van der Waals surface area contributed by atoms with Crippen LogP contribution in [0.15, 0.2) is 72.9 Å². The number of hydrogen-bond acceptors (Lipinski definition) is 4. The molecule has 0 unspecified atom stereocenters. The zero-order valence-corrected chi connectivity index (χ0v) is 14.8. The molecule has 4 heteroatoms. The second kappa shape index (κ2) is 6.92. The Morgan fingerprint density at radius 3 is 2.50 bits per heavy atom. The summed E-state index contributed by atoms with van der Waals surface area (Å²) in [5, 5.41) is 1.01. The Balaban J connectivity index is 1.68. The summed E-state index contributed by atoms with van der Waals surface area (Å²) >= 11 is 0. The van der Waals surface area contributed by atoms with Gasteiger partial charge in [0.25, 0.3) is 0 Å². The first-order chi connectivity index (χ1) is 12.7. The van der Waals surface area contributed by atoms with Gasteiger partial charge in [-0.1, -0.05) is 56.3 Å². The summed E-state index contributed by atoms with van der Waals surface area (Å²) in [6.45, 7) is 4.30. The number of ether oxygens (including phenoxy) is 1. The number of para-hydroxylation sites is 2. The number of hydrogen-bond donors (Lipinski definition) is 0. The molecule has 0 saturated carbocycles. The molecule has 4 aromatic rings. The average molecular weight is 341 g/mol. The Kier molecular flexibility index (Phi) is 4.32. The van der Waals surface area contributed by atoms with Crippen LogP contribution in [0.2, 0.25) is 0 Å². The average Bonchev–Trinajstić information content (AvgIpc) is 2.68. The van der Waals surface area contributed by atoms with E-state index in [1.54, 1.807) is 0 Å². The Morgan fingerprint density at radius 2 is 1.62 bits per heavy atom. The number of nitrogens with zero attached hydrogens (tertiary/aromatic N) is 3. The first kappa shape index (κ1) is 16.2. The maximum Gasteiger partial charge on any atom is 0.219 e. The van der Waals surface area contributed by atoms with Crippen molar-refractivity contribution in [2.45, 2.75) is 19.8 Å². The van der Waals surface area contributed by atoms with Crippen LogP contribution in [0, 0.1) is 0 Å². The molecule has 2 aromatic heterocycles. The molecule has 0 spiro atoms. The molecule has 0 fully saturated rings. The molecule has 0 radical (unpaired) electrons. The van der Waals surface area contributed by atoms with Gasteiger partial charge in [-0.3, -0.25) is 0 Å². The van der Waals surface area contributed by atoms with E-state index in [1.165, 1.54) is 0 Å². The molecule has 4 nitrogen and oxygen atoms in total. The quantitative estimate of drug-likeness (QED) is 0.484. The van der Waals surface area contributed by atoms with E-state index < -0.39 is 0 Å². The van der Waals surface area contributed by atoms with Crippen LogP contribution in [-0.2, 0) is 0 Å².